The van der Waals surface area contributed by atoms with Crippen molar-refractivity contribution >= 4 is 23.3 Å². The Morgan fingerprint density at radius 3 is 2.47 bits per heavy atom. The van der Waals surface area contributed by atoms with Crippen LogP contribution in [0.1, 0.15) is 45.4 Å². The molecule has 0 radical (unpaired) electrons. The minimum Gasteiger partial charge on any atom is -0.478 e. The summed E-state index contributed by atoms with van der Waals surface area (Å²) in [5, 5.41) is 10.4. The van der Waals surface area contributed by atoms with Crippen molar-refractivity contribution in [1.29, 1.82) is 0 Å². The molecule has 1 rings (SSSR count). The summed E-state index contributed by atoms with van der Waals surface area (Å²) in [5.41, 5.74) is 0.745. The molecule has 0 atom stereocenters. The lowest BCUT2D eigenvalue weighted by molar-refractivity contribution is 0.0605. The third-order valence-corrected chi connectivity index (χ3v) is 2.98. The Balaban J connectivity index is 3.30. The summed E-state index contributed by atoms with van der Waals surface area (Å²) < 4.78 is 4.60. The number of aromatic carboxylic acids is 1. The van der Waals surface area contributed by atoms with E-state index in [-0.39, 0.29) is 11.5 Å². The first kappa shape index (κ1) is 11.7. The largest absolute Gasteiger partial charge is 0.478 e. The zero-order valence-electron chi connectivity index (χ0n) is 8.73. The van der Waals surface area contributed by atoms with Gasteiger partial charge in [0.15, 0.2) is 0 Å². The second kappa shape index (κ2) is 4.44. The predicted molar refractivity (Wildman–Crippen MR) is 56.7 cm³/mol. The summed E-state index contributed by atoms with van der Waals surface area (Å²) in [5.74, 6) is -1.50. The van der Waals surface area contributed by atoms with Crippen LogP contribution in [0.15, 0.2) is 5.38 Å². The summed E-state index contributed by atoms with van der Waals surface area (Å²) in [7, 11) is 1.28. The molecule has 0 saturated heterocycles. The maximum atomic E-state index is 11.4. The van der Waals surface area contributed by atoms with Gasteiger partial charge in [-0.15, -0.1) is 11.3 Å². The summed E-state index contributed by atoms with van der Waals surface area (Å²) in [6, 6.07) is 0. The van der Waals surface area contributed by atoms with Gasteiger partial charge in [0.1, 0.15) is 4.88 Å². The van der Waals surface area contributed by atoms with Gasteiger partial charge < -0.3 is 9.84 Å². The van der Waals surface area contributed by atoms with Crippen LogP contribution in [0.5, 0.6) is 0 Å². The minimum absolute atomic E-state index is 0.0172. The second-order valence-electron chi connectivity index (χ2n) is 3.34. The number of carbonyl (C=O) groups is 2. The van der Waals surface area contributed by atoms with Gasteiger partial charge >= 0.3 is 11.9 Å². The molecule has 1 N–H and O–H groups in total. The Kier molecular flexibility index (Phi) is 3.47. The normalized spacial score (nSPS) is 10.4. The Morgan fingerprint density at radius 2 is 2.07 bits per heavy atom. The molecule has 0 fully saturated rings. The molecule has 4 nitrogen and oxygen atoms in total. The van der Waals surface area contributed by atoms with Gasteiger partial charge in [0.25, 0.3) is 0 Å². The minimum atomic E-state index is -1.01. The molecule has 1 aromatic heterocycles. The number of thiophene rings is 1. The number of carboxylic acids is 1. The van der Waals surface area contributed by atoms with E-state index in [1.807, 2.05) is 13.8 Å². The number of methoxy groups -OCH3 is 1. The van der Waals surface area contributed by atoms with E-state index in [9.17, 15) is 9.59 Å². The van der Waals surface area contributed by atoms with Crippen LogP contribution in [0, 0.1) is 0 Å². The third kappa shape index (κ3) is 2.18. The van der Waals surface area contributed by atoms with E-state index in [4.69, 9.17) is 5.11 Å². The number of hydrogen-bond donors (Lipinski definition) is 1. The van der Waals surface area contributed by atoms with Gasteiger partial charge in [0, 0.05) is 5.38 Å². The van der Waals surface area contributed by atoms with E-state index < -0.39 is 11.9 Å². The molecule has 5 heteroatoms. The molecule has 1 heterocycles. The quantitative estimate of drug-likeness (QED) is 0.806. The van der Waals surface area contributed by atoms with E-state index in [2.05, 4.69) is 4.74 Å². The summed E-state index contributed by atoms with van der Waals surface area (Å²) in [6.45, 7) is 3.70. The second-order valence-corrected chi connectivity index (χ2v) is 4.22. The van der Waals surface area contributed by atoms with Crippen molar-refractivity contribution in [1.82, 2.24) is 0 Å². The lowest BCUT2D eigenvalue weighted by Gasteiger charge is -2.07. The Hall–Kier alpha value is -1.36. The third-order valence-electron chi connectivity index (χ3n) is 2.01. The van der Waals surface area contributed by atoms with Crippen molar-refractivity contribution in [3.8, 4) is 0 Å². The molecule has 15 heavy (non-hydrogen) atoms. The first-order valence-electron chi connectivity index (χ1n) is 4.42. The SMILES string of the molecule is COC(=O)c1scc(C(=O)O)c1C(C)C. The van der Waals surface area contributed by atoms with Crippen molar-refractivity contribution in [2.75, 3.05) is 7.11 Å². The highest BCUT2D eigenvalue weighted by Gasteiger charge is 2.23. The van der Waals surface area contributed by atoms with Crippen LogP contribution in [0.25, 0.3) is 0 Å². The zero-order chi connectivity index (χ0) is 11.6. The van der Waals surface area contributed by atoms with Gasteiger partial charge in [-0.3, -0.25) is 0 Å². The maximum absolute atomic E-state index is 11.4. The average Bonchev–Trinajstić information content (AvgIpc) is 2.60. The number of carboxylic acid groups (broad SMARTS) is 1. The average molecular weight is 228 g/mol. The summed E-state index contributed by atoms with van der Waals surface area (Å²) >= 11 is 1.11. The Labute approximate surface area is 91.5 Å². The highest BCUT2D eigenvalue weighted by atomic mass is 32.1. The smallest absolute Gasteiger partial charge is 0.348 e. The topological polar surface area (TPSA) is 63.6 Å². The van der Waals surface area contributed by atoms with Crippen molar-refractivity contribution in [2.24, 2.45) is 0 Å². The van der Waals surface area contributed by atoms with Crippen LogP contribution < -0.4 is 0 Å². The molecule has 82 valence electrons. The van der Waals surface area contributed by atoms with Gasteiger partial charge in [0.05, 0.1) is 12.7 Å². The van der Waals surface area contributed by atoms with Crippen LogP contribution in [0.3, 0.4) is 0 Å². The van der Waals surface area contributed by atoms with E-state index >= 15 is 0 Å². The van der Waals surface area contributed by atoms with E-state index in [0.29, 0.717) is 10.4 Å². The molecule has 0 aliphatic rings. The Bertz CT molecular complexity index is 392. The fourth-order valence-corrected chi connectivity index (χ4v) is 2.47. The van der Waals surface area contributed by atoms with E-state index in [0.717, 1.165) is 11.3 Å². The van der Waals surface area contributed by atoms with Crippen LogP contribution >= 0.6 is 11.3 Å². The van der Waals surface area contributed by atoms with Crippen LogP contribution in [0.2, 0.25) is 0 Å². The highest BCUT2D eigenvalue weighted by Crippen LogP contribution is 2.30. The number of hydrogen-bond acceptors (Lipinski definition) is 4. The van der Waals surface area contributed by atoms with Crippen LogP contribution in [-0.4, -0.2) is 24.2 Å². The monoisotopic (exact) mass is 228 g/mol. The molecular formula is C10H12O4S. The fourth-order valence-electron chi connectivity index (χ4n) is 1.36. The molecule has 0 aliphatic heterocycles. The van der Waals surface area contributed by atoms with Gasteiger partial charge in [-0.1, -0.05) is 13.8 Å². The van der Waals surface area contributed by atoms with Gasteiger partial charge in [-0.25, -0.2) is 9.59 Å². The summed E-state index contributed by atoms with van der Waals surface area (Å²) in [6.07, 6.45) is 0. The Morgan fingerprint density at radius 1 is 1.47 bits per heavy atom. The number of rotatable bonds is 3. The fraction of sp³-hybridized carbons (Fsp3) is 0.400. The lowest BCUT2D eigenvalue weighted by atomic mass is 9.99. The molecule has 0 saturated carbocycles. The molecule has 0 aromatic carbocycles. The standard InChI is InChI=1S/C10H12O4S/c1-5(2)7-6(9(11)12)4-15-8(7)10(13)14-3/h4-5H,1-3H3,(H,11,12). The van der Waals surface area contributed by atoms with E-state index in [1.54, 1.807) is 0 Å². The van der Waals surface area contributed by atoms with Crippen molar-refractivity contribution in [2.45, 2.75) is 19.8 Å². The molecule has 0 spiro atoms. The molecule has 0 bridgehead atoms. The highest BCUT2D eigenvalue weighted by molar-refractivity contribution is 7.12. The van der Waals surface area contributed by atoms with Crippen LogP contribution in [0.4, 0.5) is 0 Å². The molecule has 0 amide bonds. The van der Waals surface area contributed by atoms with Crippen molar-refractivity contribution < 1.29 is 19.4 Å². The number of esters is 1. The maximum Gasteiger partial charge on any atom is 0.348 e. The van der Waals surface area contributed by atoms with E-state index in [1.165, 1.54) is 12.5 Å². The van der Waals surface area contributed by atoms with Gasteiger partial charge in [-0.05, 0) is 11.5 Å². The zero-order valence-corrected chi connectivity index (χ0v) is 9.55. The molecule has 0 unspecified atom stereocenters. The summed E-state index contributed by atoms with van der Waals surface area (Å²) in [4.78, 5) is 22.7. The number of ether oxygens (including phenoxy) is 1. The van der Waals surface area contributed by atoms with Crippen molar-refractivity contribution in [3.63, 3.8) is 0 Å². The number of carbonyl (C=O) groups excluding carboxylic acids is 1. The molecule has 0 aliphatic carbocycles. The predicted octanol–water partition coefficient (Wildman–Crippen LogP) is 2.36. The first-order valence-corrected chi connectivity index (χ1v) is 5.30. The molecule has 1 aromatic rings. The first-order chi connectivity index (χ1) is 6.99. The van der Waals surface area contributed by atoms with Gasteiger partial charge in [0.2, 0.25) is 0 Å². The van der Waals surface area contributed by atoms with Crippen LogP contribution in [-0.2, 0) is 4.74 Å². The van der Waals surface area contributed by atoms with Crippen molar-refractivity contribution in [3.05, 3.63) is 21.4 Å². The molecular weight excluding hydrogens is 216 g/mol. The van der Waals surface area contributed by atoms with Gasteiger partial charge in [-0.2, -0.15) is 0 Å². The lowest BCUT2D eigenvalue weighted by Crippen LogP contribution is -2.07.